The third kappa shape index (κ3) is 10.5. The maximum atomic E-state index is 14.5. The molecule has 0 aliphatic carbocycles. The molecule has 5 atom stereocenters. The Morgan fingerprint density at radius 3 is 2.43 bits per heavy atom. The molecular formula is C31H50N4O8S. The molecule has 44 heavy (non-hydrogen) atoms. The van der Waals surface area contributed by atoms with Gasteiger partial charge in [0.05, 0.1) is 13.2 Å². The predicted octanol–water partition coefficient (Wildman–Crippen LogP) is 4.09. The molecule has 0 radical (unpaired) electrons. The molecule has 1 N–H and O–H groups in total. The first kappa shape index (κ1) is 37.1. The van der Waals surface area contributed by atoms with Gasteiger partial charge in [-0.2, -0.15) is 0 Å². The molecule has 0 saturated carbocycles. The molecule has 0 spiro atoms. The van der Waals surface area contributed by atoms with Crippen LogP contribution in [0.1, 0.15) is 108 Å². The van der Waals surface area contributed by atoms with Crippen LogP contribution in [0.3, 0.4) is 0 Å². The summed E-state index contributed by atoms with van der Waals surface area (Å²) in [6.07, 6.45) is 3.30. The van der Waals surface area contributed by atoms with E-state index in [2.05, 4.69) is 10.3 Å². The molecule has 248 valence electrons. The van der Waals surface area contributed by atoms with Gasteiger partial charge in [-0.05, 0) is 44.7 Å². The number of ether oxygens (including phenoxy) is 3. The second-order valence-electron chi connectivity index (χ2n) is 11.8. The summed E-state index contributed by atoms with van der Waals surface area (Å²) in [5.41, 5.74) is 0.0828. The van der Waals surface area contributed by atoms with Crippen LogP contribution >= 0.6 is 11.3 Å². The molecule has 13 heteroatoms. The number of carbonyl (C=O) groups excluding carboxylic acids is 5. The summed E-state index contributed by atoms with van der Waals surface area (Å²) in [7, 11) is 3.17. The second-order valence-corrected chi connectivity index (χ2v) is 12.7. The number of methoxy groups -OCH3 is 1. The number of hydrogen-bond donors (Lipinski definition) is 1. The van der Waals surface area contributed by atoms with Gasteiger partial charge in [0, 0.05) is 31.2 Å². The minimum absolute atomic E-state index is 0.0828. The number of amides is 2. The molecule has 1 fully saturated rings. The Labute approximate surface area is 265 Å². The summed E-state index contributed by atoms with van der Waals surface area (Å²) in [5.74, 6) is -2.60. The van der Waals surface area contributed by atoms with E-state index in [1.807, 2.05) is 46.6 Å². The zero-order chi connectivity index (χ0) is 33.0. The number of nitrogens with zero attached hydrogens (tertiary/aromatic N) is 3. The molecule has 1 aliphatic rings. The van der Waals surface area contributed by atoms with Crippen molar-refractivity contribution in [1.82, 2.24) is 20.1 Å². The van der Waals surface area contributed by atoms with Crippen LogP contribution in [0.4, 0.5) is 0 Å². The van der Waals surface area contributed by atoms with Gasteiger partial charge in [-0.15, -0.1) is 11.3 Å². The van der Waals surface area contributed by atoms with Gasteiger partial charge in [0.1, 0.15) is 11.0 Å². The van der Waals surface area contributed by atoms with Crippen LogP contribution in [0.2, 0.25) is 0 Å². The van der Waals surface area contributed by atoms with Gasteiger partial charge in [-0.25, -0.2) is 9.78 Å². The molecular weight excluding hydrogens is 588 g/mol. The van der Waals surface area contributed by atoms with Gasteiger partial charge >= 0.3 is 17.9 Å². The van der Waals surface area contributed by atoms with Gasteiger partial charge in [0.2, 0.25) is 11.8 Å². The third-order valence-electron chi connectivity index (χ3n) is 8.08. The lowest BCUT2D eigenvalue weighted by Gasteiger charge is -2.39. The first-order valence-corrected chi connectivity index (χ1v) is 16.4. The highest BCUT2D eigenvalue weighted by Gasteiger charge is 2.39. The van der Waals surface area contributed by atoms with Gasteiger partial charge in [0.15, 0.2) is 18.5 Å². The largest absolute Gasteiger partial charge is 0.464 e. The maximum absolute atomic E-state index is 14.5. The van der Waals surface area contributed by atoms with E-state index >= 15 is 0 Å². The summed E-state index contributed by atoms with van der Waals surface area (Å²) in [5, 5.41) is 4.93. The van der Waals surface area contributed by atoms with Crippen LogP contribution in [0, 0.1) is 11.8 Å². The molecule has 1 aromatic rings. The van der Waals surface area contributed by atoms with Crippen molar-refractivity contribution >= 4 is 41.1 Å². The Morgan fingerprint density at radius 1 is 1.16 bits per heavy atom. The zero-order valence-electron chi connectivity index (χ0n) is 27.4. The molecule has 12 nitrogen and oxygen atoms in total. The van der Waals surface area contributed by atoms with Crippen molar-refractivity contribution in [2.75, 3.05) is 27.4 Å². The summed E-state index contributed by atoms with van der Waals surface area (Å²) >= 11 is 1.14. The molecule has 0 aromatic carbocycles. The van der Waals surface area contributed by atoms with Crippen LogP contribution in [-0.2, 0) is 33.4 Å². The van der Waals surface area contributed by atoms with E-state index in [1.165, 1.54) is 24.3 Å². The molecule has 2 rings (SSSR count). The molecule has 2 heterocycles. The van der Waals surface area contributed by atoms with Crippen LogP contribution in [0.15, 0.2) is 5.38 Å². The fourth-order valence-electron chi connectivity index (χ4n) is 5.27. The number of carbonyl (C=O) groups is 5. The quantitative estimate of drug-likeness (QED) is 0.160. The number of likely N-dealkylation sites (N-methyl/N-ethyl adjacent to an activating group) is 1. The maximum Gasteiger partial charge on any atom is 0.357 e. The van der Waals surface area contributed by atoms with Gasteiger partial charge < -0.3 is 24.4 Å². The first-order valence-electron chi connectivity index (χ1n) is 15.5. The average Bonchev–Trinajstić information content (AvgIpc) is 3.48. The van der Waals surface area contributed by atoms with E-state index in [-0.39, 0.29) is 55.0 Å². The van der Waals surface area contributed by atoms with E-state index < -0.39 is 36.1 Å². The predicted molar refractivity (Wildman–Crippen MR) is 166 cm³/mol. The van der Waals surface area contributed by atoms with Gasteiger partial charge in [0.25, 0.3) is 0 Å². The molecule has 2 amide bonds. The lowest BCUT2D eigenvalue weighted by atomic mass is 9.92. The number of rotatable bonds is 16. The Bertz CT molecular complexity index is 1130. The molecule has 1 saturated heterocycles. The zero-order valence-corrected chi connectivity index (χ0v) is 28.2. The Morgan fingerprint density at radius 2 is 1.86 bits per heavy atom. The topological polar surface area (TPSA) is 144 Å². The highest BCUT2D eigenvalue weighted by molar-refractivity contribution is 7.09. The van der Waals surface area contributed by atoms with E-state index in [0.29, 0.717) is 24.3 Å². The van der Waals surface area contributed by atoms with E-state index in [0.717, 1.165) is 30.7 Å². The van der Waals surface area contributed by atoms with E-state index in [4.69, 9.17) is 14.2 Å². The average molecular weight is 639 g/mol. The van der Waals surface area contributed by atoms with Crippen molar-refractivity contribution in [2.45, 2.75) is 111 Å². The van der Waals surface area contributed by atoms with Crippen LogP contribution in [0.5, 0.6) is 0 Å². The van der Waals surface area contributed by atoms with E-state index in [1.54, 1.807) is 0 Å². The minimum Gasteiger partial charge on any atom is -0.464 e. The molecule has 1 aromatic heterocycles. The lowest BCUT2D eigenvalue weighted by molar-refractivity contribution is -0.160. The fourth-order valence-corrected chi connectivity index (χ4v) is 6.10. The van der Waals surface area contributed by atoms with Crippen molar-refractivity contribution in [3.63, 3.8) is 0 Å². The highest BCUT2D eigenvalue weighted by Crippen LogP contribution is 2.32. The molecule has 0 bridgehead atoms. The molecule has 1 aliphatic heterocycles. The first-order chi connectivity index (χ1) is 20.8. The number of hydrogen-bond acceptors (Lipinski definition) is 11. The number of piperidine rings is 1. The Hall–Kier alpha value is -3.06. The minimum atomic E-state index is -0.891. The number of thiazole rings is 1. The van der Waals surface area contributed by atoms with Gasteiger partial charge in [-0.3, -0.25) is 24.1 Å². The van der Waals surface area contributed by atoms with Gasteiger partial charge in [-0.1, -0.05) is 47.5 Å². The second kappa shape index (κ2) is 18.0. The van der Waals surface area contributed by atoms with Crippen molar-refractivity contribution in [2.24, 2.45) is 11.8 Å². The highest BCUT2D eigenvalue weighted by atomic mass is 32.1. The molecule has 0 unspecified atom stereocenters. The fraction of sp³-hybridized carbons (Fsp3) is 0.742. The monoisotopic (exact) mass is 638 g/mol. The Kier molecular flexibility index (Phi) is 15.2. The standard InChI is InChI=1S/C31H50N4O8S/c1-9-13-26(37)42-18-35(30(39)27(20(5)10-2)33-28(38)23-14-11-12-15-34(23)7)24(19(3)4)16-25(43-21(6)36)29-32-22(17-44-29)31(40)41-8/h17,19-20,23-25,27H,9-16,18H2,1-8H3,(H,33,38)/t20-,23+,24+,25+,27-/m0/s1. The SMILES string of the molecule is CCCC(=O)OCN(C(=O)[C@@H](NC(=O)[C@H]1CCCCN1C)[C@@H](C)CC)[C@H](C[C@@H](OC(C)=O)c1nc(C(=O)OC)cs1)C(C)C. The summed E-state index contributed by atoms with van der Waals surface area (Å²) in [4.78, 5) is 72.5. The van der Waals surface area contributed by atoms with Crippen LogP contribution < -0.4 is 5.32 Å². The van der Waals surface area contributed by atoms with Crippen molar-refractivity contribution < 1.29 is 38.2 Å². The van der Waals surface area contributed by atoms with Crippen molar-refractivity contribution in [3.05, 3.63) is 16.1 Å². The third-order valence-corrected chi connectivity index (χ3v) is 9.01. The lowest BCUT2D eigenvalue weighted by Crippen LogP contribution is -2.59. The summed E-state index contributed by atoms with van der Waals surface area (Å²) in [6.45, 7) is 11.3. The number of aromatic nitrogens is 1. The number of esters is 3. The van der Waals surface area contributed by atoms with Crippen LogP contribution in [-0.4, -0.2) is 90.1 Å². The van der Waals surface area contributed by atoms with Crippen molar-refractivity contribution in [3.8, 4) is 0 Å². The van der Waals surface area contributed by atoms with Crippen molar-refractivity contribution in [1.29, 1.82) is 0 Å². The summed E-state index contributed by atoms with van der Waals surface area (Å²) in [6, 6.07) is -1.79. The van der Waals surface area contributed by atoms with E-state index in [9.17, 15) is 24.0 Å². The number of nitrogens with one attached hydrogen (secondary N) is 1. The smallest absolute Gasteiger partial charge is 0.357 e. The van der Waals surface area contributed by atoms with Crippen LogP contribution in [0.25, 0.3) is 0 Å². The normalized spacial score (nSPS) is 18.1. The number of likely N-dealkylation sites (tertiary alicyclic amines) is 1. The summed E-state index contributed by atoms with van der Waals surface area (Å²) < 4.78 is 16.0. The Balaban J connectivity index is 2.49.